The first-order valence-electron chi connectivity index (χ1n) is 6.57. The molecule has 0 spiro atoms. The zero-order valence-corrected chi connectivity index (χ0v) is 12.4. The molecule has 0 amide bonds. The second kappa shape index (κ2) is 7.59. The molecule has 0 saturated heterocycles. The van der Waals surface area contributed by atoms with Crippen LogP contribution in [0, 0.1) is 0 Å². The van der Waals surface area contributed by atoms with E-state index in [9.17, 15) is 4.79 Å². The normalized spacial score (nSPS) is 14.4. The third-order valence-corrected chi connectivity index (χ3v) is 4.00. The summed E-state index contributed by atoms with van der Waals surface area (Å²) in [5, 5.41) is 4.47. The number of nitrogens with one attached hydrogen (secondary N) is 2. The maximum absolute atomic E-state index is 11.5. The lowest BCUT2D eigenvalue weighted by molar-refractivity contribution is 0.562. The van der Waals surface area contributed by atoms with E-state index in [1.807, 2.05) is 0 Å². The van der Waals surface area contributed by atoms with Gasteiger partial charge in [-0.1, -0.05) is 39.0 Å². The smallest absolute Gasteiger partial charge is 0.251 e. The van der Waals surface area contributed by atoms with Gasteiger partial charge in [-0.2, -0.15) is 0 Å². The second-order valence-corrected chi connectivity index (χ2v) is 5.83. The molecule has 18 heavy (non-hydrogen) atoms. The molecule has 0 saturated carbocycles. The molecule has 102 valence electrons. The molecule has 4 nitrogen and oxygen atoms in total. The van der Waals surface area contributed by atoms with Crippen LogP contribution in [-0.4, -0.2) is 27.8 Å². The molecule has 5 heteroatoms. The first kappa shape index (κ1) is 15.2. The van der Waals surface area contributed by atoms with Gasteiger partial charge in [-0.25, -0.2) is 4.98 Å². The summed E-state index contributed by atoms with van der Waals surface area (Å²) in [5.74, 6) is 0. The number of hydrogen-bond acceptors (Lipinski definition) is 4. The van der Waals surface area contributed by atoms with Crippen LogP contribution in [0.25, 0.3) is 0 Å². The van der Waals surface area contributed by atoms with E-state index in [1.165, 1.54) is 0 Å². The summed E-state index contributed by atoms with van der Waals surface area (Å²) in [6, 6.07) is 1.98. The van der Waals surface area contributed by atoms with Crippen molar-refractivity contribution in [3.8, 4) is 0 Å². The van der Waals surface area contributed by atoms with E-state index in [-0.39, 0.29) is 5.56 Å². The molecule has 0 aliphatic rings. The molecule has 1 rings (SSSR count). The monoisotopic (exact) mass is 269 g/mol. The molecule has 0 bridgehead atoms. The van der Waals surface area contributed by atoms with Gasteiger partial charge >= 0.3 is 0 Å². The van der Waals surface area contributed by atoms with Gasteiger partial charge in [-0.3, -0.25) is 4.79 Å². The summed E-state index contributed by atoms with van der Waals surface area (Å²) < 4.78 is 0. The number of H-pyrrole nitrogens is 1. The Morgan fingerprint density at radius 1 is 1.44 bits per heavy atom. The Morgan fingerprint density at radius 2 is 2.17 bits per heavy atom. The molecule has 0 aliphatic heterocycles. The molecule has 0 aliphatic carbocycles. The first-order valence-corrected chi connectivity index (χ1v) is 7.45. The van der Waals surface area contributed by atoms with Crippen molar-refractivity contribution in [2.75, 3.05) is 6.54 Å². The Hall–Kier alpha value is -0.810. The molecular weight excluding hydrogens is 246 g/mol. The van der Waals surface area contributed by atoms with E-state index in [2.05, 4.69) is 43.0 Å². The molecule has 0 fully saturated rings. The molecule has 1 heterocycles. The van der Waals surface area contributed by atoms with E-state index in [0.29, 0.717) is 11.3 Å². The lowest BCUT2D eigenvalue weighted by atomic mass is 10.2. The van der Waals surface area contributed by atoms with Crippen LogP contribution in [0.3, 0.4) is 0 Å². The molecule has 2 atom stereocenters. The fourth-order valence-electron chi connectivity index (χ4n) is 1.69. The molecular formula is C13H23N3OS. The average molecular weight is 269 g/mol. The van der Waals surface area contributed by atoms with Gasteiger partial charge < -0.3 is 10.3 Å². The topological polar surface area (TPSA) is 57.8 Å². The zero-order valence-electron chi connectivity index (χ0n) is 11.6. The van der Waals surface area contributed by atoms with Crippen molar-refractivity contribution in [3.63, 3.8) is 0 Å². The van der Waals surface area contributed by atoms with Crippen LogP contribution in [0.15, 0.2) is 16.0 Å². The number of nitrogens with zero attached hydrogens (tertiary/aromatic N) is 1. The van der Waals surface area contributed by atoms with E-state index >= 15 is 0 Å². The Morgan fingerprint density at radius 3 is 2.78 bits per heavy atom. The lowest BCUT2D eigenvalue weighted by Crippen LogP contribution is -2.33. The number of aromatic amines is 1. The maximum Gasteiger partial charge on any atom is 0.251 e. The number of rotatable bonds is 7. The van der Waals surface area contributed by atoms with Crippen LogP contribution in [-0.2, 0) is 6.42 Å². The van der Waals surface area contributed by atoms with Gasteiger partial charge in [0.05, 0.1) is 0 Å². The highest BCUT2D eigenvalue weighted by Gasteiger charge is 2.14. The van der Waals surface area contributed by atoms with E-state index in [1.54, 1.807) is 17.8 Å². The van der Waals surface area contributed by atoms with Crippen LogP contribution < -0.4 is 10.9 Å². The summed E-state index contributed by atoms with van der Waals surface area (Å²) >= 11 is 1.62. The molecule has 1 aromatic heterocycles. The summed E-state index contributed by atoms with van der Waals surface area (Å²) in [5.41, 5.74) is 0.825. The zero-order chi connectivity index (χ0) is 13.5. The Balaban J connectivity index is 2.74. The summed E-state index contributed by atoms with van der Waals surface area (Å²) in [4.78, 5) is 18.8. The quantitative estimate of drug-likeness (QED) is 0.588. The Bertz CT molecular complexity index is 419. The van der Waals surface area contributed by atoms with Gasteiger partial charge in [0.25, 0.3) is 5.56 Å². The number of thioether (sulfide) groups is 1. The van der Waals surface area contributed by atoms with Crippen molar-refractivity contribution in [3.05, 3.63) is 22.1 Å². The minimum Gasteiger partial charge on any atom is -0.313 e. The largest absolute Gasteiger partial charge is 0.313 e. The molecule has 0 aromatic carbocycles. The minimum absolute atomic E-state index is 0.0562. The van der Waals surface area contributed by atoms with Gasteiger partial charge in [0, 0.05) is 23.1 Å². The second-order valence-electron chi connectivity index (χ2n) is 4.46. The fourth-order valence-corrected chi connectivity index (χ4v) is 2.67. The van der Waals surface area contributed by atoms with Gasteiger partial charge in [0.2, 0.25) is 0 Å². The van der Waals surface area contributed by atoms with Crippen LogP contribution in [0.4, 0.5) is 0 Å². The van der Waals surface area contributed by atoms with Crippen LogP contribution in [0.2, 0.25) is 0 Å². The van der Waals surface area contributed by atoms with E-state index in [0.717, 1.165) is 30.2 Å². The van der Waals surface area contributed by atoms with Crippen molar-refractivity contribution < 1.29 is 0 Å². The van der Waals surface area contributed by atoms with Crippen LogP contribution in [0.5, 0.6) is 0 Å². The van der Waals surface area contributed by atoms with Gasteiger partial charge in [0.15, 0.2) is 5.16 Å². The predicted molar refractivity (Wildman–Crippen MR) is 77.3 cm³/mol. The van der Waals surface area contributed by atoms with Crippen LogP contribution in [0.1, 0.15) is 39.8 Å². The maximum atomic E-state index is 11.5. The van der Waals surface area contributed by atoms with Gasteiger partial charge in [-0.05, 0) is 19.9 Å². The third kappa shape index (κ3) is 4.82. The summed E-state index contributed by atoms with van der Waals surface area (Å²) in [6.45, 7) is 9.42. The predicted octanol–water partition coefficient (Wildman–Crippen LogP) is 2.20. The SMILES string of the molecule is CCCc1cc(=O)[nH]c(SC(C)C(C)NCC)n1. The standard InChI is InChI=1S/C13H23N3OS/c1-5-7-11-8-12(17)16-13(15-11)18-10(4)9(3)14-6-2/h8-10,14H,5-7H2,1-4H3,(H,15,16,17). The van der Waals surface area contributed by atoms with Crippen molar-refractivity contribution >= 4 is 11.8 Å². The van der Waals surface area contributed by atoms with Crippen molar-refractivity contribution in [1.29, 1.82) is 0 Å². The average Bonchev–Trinajstić information content (AvgIpc) is 2.28. The number of hydrogen-bond donors (Lipinski definition) is 2. The Labute approximate surface area is 113 Å². The highest BCUT2D eigenvalue weighted by atomic mass is 32.2. The minimum atomic E-state index is -0.0562. The third-order valence-electron chi connectivity index (χ3n) is 2.81. The fraction of sp³-hybridized carbons (Fsp3) is 0.692. The number of aromatic nitrogens is 2. The molecule has 0 radical (unpaired) electrons. The first-order chi connectivity index (χ1) is 8.56. The molecule has 1 aromatic rings. The number of aryl methyl sites for hydroxylation is 1. The molecule has 2 N–H and O–H groups in total. The van der Waals surface area contributed by atoms with Crippen LogP contribution >= 0.6 is 11.8 Å². The van der Waals surface area contributed by atoms with E-state index < -0.39 is 0 Å². The van der Waals surface area contributed by atoms with Crippen molar-refractivity contribution in [1.82, 2.24) is 15.3 Å². The Kier molecular flexibility index (Phi) is 6.43. The summed E-state index contributed by atoms with van der Waals surface area (Å²) in [7, 11) is 0. The van der Waals surface area contributed by atoms with Gasteiger partial charge in [0.1, 0.15) is 0 Å². The summed E-state index contributed by atoms with van der Waals surface area (Å²) in [6.07, 6.45) is 1.86. The lowest BCUT2D eigenvalue weighted by Gasteiger charge is -2.19. The highest BCUT2D eigenvalue weighted by Crippen LogP contribution is 2.21. The van der Waals surface area contributed by atoms with Gasteiger partial charge in [-0.15, -0.1) is 0 Å². The van der Waals surface area contributed by atoms with Crippen molar-refractivity contribution in [2.45, 2.75) is 57.0 Å². The highest BCUT2D eigenvalue weighted by molar-refractivity contribution is 7.99. The molecule has 2 unspecified atom stereocenters. The van der Waals surface area contributed by atoms with E-state index in [4.69, 9.17) is 0 Å². The van der Waals surface area contributed by atoms with Crippen molar-refractivity contribution in [2.24, 2.45) is 0 Å².